The SMILES string of the molecule is C[C@H](C[S@](C)=O)NC(=O)N[C@H](c1cccc(F)c1)C1CCCC1. The number of halogens is 1. The number of rotatable bonds is 6. The standard InChI is InChI=1S/C17H25FN2O2S/c1-12(11-23(2)22)19-17(21)20-16(13-6-3-4-7-13)14-8-5-9-15(18)10-14/h5,8-10,12-13,16H,3-4,6-7,11H2,1-2H3,(H2,19,20,21)/t12-,16+,23+/m1/s1. The molecule has 1 aromatic carbocycles. The van der Waals surface area contributed by atoms with E-state index in [0.717, 1.165) is 31.2 Å². The van der Waals surface area contributed by atoms with E-state index in [2.05, 4.69) is 10.6 Å². The van der Waals surface area contributed by atoms with E-state index in [9.17, 15) is 13.4 Å². The van der Waals surface area contributed by atoms with Gasteiger partial charge in [-0.1, -0.05) is 25.0 Å². The molecule has 1 saturated carbocycles. The van der Waals surface area contributed by atoms with Crippen molar-refractivity contribution in [3.05, 3.63) is 35.6 Å². The van der Waals surface area contributed by atoms with Gasteiger partial charge >= 0.3 is 6.03 Å². The molecule has 0 spiro atoms. The van der Waals surface area contributed by atoms with Gasteiger partial charge in [0.25, 0.3) is 0 Å². The molecule has 128 valence electrons. The van der Waals surface area contributed by atoms with Crippen molar-refractivity contribution in [1.82, 2.24) is 10.6 Å². The van der Waals surface area contributed by atoms with Crippen LogP contribution in [-0.2, 0) is 10.8 Å². The molecule has 0 aliphatic heterocycles. The first-order chi connectivity index (χ1) is 11.0. The van der Waals surface area contributed by atoms with Crippen molar-refractivity contribution in [2.45, 2.75) is 44.7 Å². The second-order valence-corrected chi connectivity index (χ2v) is 7.82. The van der Waals surface area contributed by atoms with Crippen molar-refractivity contribution in [3.63, 3.8) is 0 Å². The topological polar surface area (TPSA) is 58.2 Å². The third kappa shape index (κ3) is 5.61. The molecule has 1 fully saturated rings. The summed E-state index contributed by atoms with van der Waals surface area (Å²) in [6.45, 7) is 1.83. The van der Waals surface area contributed by atoms with Gasteiger partial charge in [-0.25, -0.2) is 9.18 Å². The highest BCUT2D eigenvalue weighted by Gasteiger charge is 2.28. The van der Waals surface area contributed by atoms with Crippen LogP contribution >= 0.6 is 0 Å². The van der Waals surface area contributed by atoms with E-state index >= 15 is 0 Å². The molecule has 1 aliphatic carbocycles. The minimum absolute atomic E-state index is 0.169. The van der Waals surface area contributed by atoms with Gasteiger partial charge in [0.15, 0.2) is 0 Å². The summed E-state index contributed by atoms with van der Waals surface area (Å²) in [6, 6.07) is 5.79. The fraction of sp³-hybridized carbons (Fsp3) is 0.588. The fourth-order valence-corrected chi connectivity index (χ4v) is 4.05. The maximum Gasteiger partial charge on any atom is 0.315 e. The third-order valence-electron chi connectivity index (χ3n) is 4.23. The Bertz CT molecular complexity index is 561. The molecule has 6 heteroatoms. The zero-order valence-electron chi connectivity index (χ0n) is 13.7. The molecule has 0 saturated heterocycles. The summed E-state index contributed by atoms with van der Waals surface area (Å²) in [7, 11) is -0.958. The summed E-state index contributed by atoms with van der Waals surface area (Å²) < 4.78 is 24.8. The first kappa shape index (κ1) is 17.9. The van der Waals surface area contributed by atoms with Crippen molar-refractivity contribution < 1.29 is 13.4 Å². The van der Waals surface area contributed by atoms with Crippen LogP contribution in [0.3, 0.4) is 0 Å². The van der Waals surface area contributed by atoms with Crippen LogP contribution in [0.5, 0.6) is 0 Å². The Labute approximate surface area is 139 Å². The number of benzene rings is 1. The average molecular weight is 340 g/mol. The van der Waals surface area contributed by atoms with Crippen molar-refractivity contribution >= 4 is 16.8 Å². The Balaban J connectivity index is 2.05. The van der Waals surface area contributed by atoms with E-state index in [0.29, 0.717) is 11.7 Å². The number of hydrogen-bond donors (Lipinski definition) is 2. The number of hydrogen-bond acceptors (Lipinski definition) is 2. The lowest BCUT2D eigenvalue weighted by Crippen LogP contribution is -2.45. The Morgan fingerprint density at radius 1 is 1.35 bits per heavy atom. The monoisotopic (exact) mass is 340 g/mol. The lowest BCUT2D eigenvalue weighted by Gasteiger charge is -2.26. The Morgan fingerprint density at radius 2 is 2.04 bits per heavy atom. The molecule has 2 N–H and O–H groups in total. The molecule has 0 bridgehead atoms. The lowest BCUT2D eigenvalue weighted by atomic mass is 9.91. The van der Waals surface area contributed by atoms with Gasteiger partial charge in [0.05, 0.1) is 6.04 Å². The molecule has 1 aromatic rings. The van der Waals surface area contributed by atoms with E-state index in [1.165, 1.54) is 12.1 Å². The summed E-state index contributed by atoms with van der Waals surface area (Å²) in [5.41, 5.74) is 0.804. The van der Waals surface area contributed by atoms with Gasteiger partial charge < -0.3 is 10.6 Å². The van der Waals surface area contributed by atoms with Gasteiger partial charge in [-0.3, -0.25) is 4.21 Å². The molecular formula is C17H25FN2O2S. The maximum absolute atomic E-state index is 13.5. The van der Waals surface area contributed by atoms with Gasteiger partial charge in [0.2, 0.25) is 0 Å². The maximum atomic E-state index is 13.5. The van der Waals surface area contributed by atoms with E-state index in [1.807, 2.05) is 13.0 Å². The summed E-state index contributed by atoms with van der Waals surface area (Å²) >= 11 is 0. The highest BCUT2D eigenvalue weighted by Crippen LogP contribution is 2.35. The van der Waals surface area contributed by atoms with E-state index < -0.39 is 10.8 Å². The smallest absolute Gasteiger partial charge is 0.315 e. The average Bonchev–Trinajstić information content (AvgIpc) is 2.97. The second kappa shape index (κ2) is 8.43. The van der Waals surface area contributed by atoms with Crippen LogP contribution in [0.25, 0.3) is 0 Å². The Morgan fingerprint density at radius 3 is 2.65 bits per heavy atom. The van der Waals surface area contributed by atoms with Gasteiger partial charge in [-0.15, -0.1) is 0 Å². The van der Waals surface area contributed by atoms with Crippen molar-refractivity contribution in [1.29, 1.82) is 0 Å². The van der Waals surface area contributed by atoms with Crippen LogP contribution < -0.4 is 10.6 Å². The Kier molecular flexibility index (Phi) is 6.57. The first-order valence-electron chi connectivity index (χ1n) is 8.08. The number of carbonyl (C=O) groups excluding carboxylic acids is 1. The predicted octanol–water partition coefficient (Wildman–Crippen LogP) is 3.12. The molecule has 3 atom stereocenters. The van der Waals surface area contributed by atoms with Crippen molar-refractivity contribution in [2.24, 2.45) is 5.92 Å². The molecule has 0 aromatic heterocycles. The molecule has 0 unspecified atom stereocenters. The van der Waals surface area contributed by atoms with Crippen LogP contribution in [0, 0.1) is 11.7 Å². The largest absolute Gasteiger partial charge is 0.335 e. The van der Waals surface area contributed by atoms with Crippen molar-refractivity contribution in [3.8, 4) is 0 Å². The minimum atomic E-state index is -0.958. The second-order valence-electron chi connectivity index (χ2n) is 6.34. The van der Waals surface area contributed by atoms with Gasteiger partial charge in [-0.2, -0.15) is 0 Å². The van der Waals surface area contributed by atoms with E-state index in [-0.39, 0.29) is 23.9 Å². The minimum Gasteiger partial charge on any atom is -0.335 e. The summed E-state index contributed by atoms with van der Waals surface area (Å²) in [6.07, 6.45) is 5.98. The summed E-state index contributed by atoms with van der Waals surface area (Å²) in [4.78, 5) is 12.2. The van der Waals surface area contributed by atoms with Crippen LogP contribution in [0.2, 0.25) is 0 Å². The van der Waals surface area contributed by atoms with Gasteiger partial charge in [0, 0.05) is 28.9 Å². The molecule has 0 radical (unpaired) electrons. The van der Waals surface area contributed by atoms with Crippen molar-refractivity contribution in [2.75, 3.05) is 12.0 Å². The van der Waals surface area contributed by atoms with Gasteiger partial charge in [0.1, 0.15) is 5.82 Å². The molecular weight excluding hydrogens is 315 g/mol. The zero-order valence-corrected chi connectivity index (χ0v) is 14.5. The summed E-state index contributed by atoms with van der Waals surface area (Å²) in [5, 5.41) is 5.80. The Hall–Kier alpha value is -1.43. The highest BCUT2D eigenvalue weighted by molar-refractivity contribution is 7.84. The number of nitrogens with one attached hydrogen (secondary N) is 2. The fourth-order valence-electron chi connectivity index (χ4n) is 3.26. The zero-order chi connectivity index (χ0) is 16.8. The molecule has 0 heterocycles. The number of urea groups is 1. The van der Waals surface area contributed by atoms with Crippen LogP contribution in [0.1, 0.15) is 44.2 Å². The molecule has 1 aliphatic rings. The molecule has 2 amide bonds. The first-order valence-corrected chi connectivity index (χ1v) is 9.81. The quantitative estimate of drug-likeness (QED) is 0.836. The molecule has 23 heavy (non-hydrogen) atoms. The van der Waals surface area contributed by atoms with Crippen LogP contribution in [-0.4, -0.2) is 28.3 Å². The molecule has 4 nitrogen and oxygen atoms in total. The van der Waals surface area contributed by atoms with E-state index in [1.54, 1.807) is 12.3 Å². The van der Waals surface area contributed by atoms with Crippen LogP contribution in [0.15, 0.2) is 24.3 Å². The normalized spacial score (nSPS) is 19.1. The van der Waals surface area contributed by atoms with Gasteiger partial charge in [-0.05, 0) is 43.4 Å². The van der Waals surface area contributed by atoms with E-state index in [4.69, 9.17) is 0 Å². The number of carbonyl (C=O) groups is 1. The highest BCUT2D eigenvalue weighted by atomic mass is 32.2. The molecule has 2 rings (SSSR count). The number of amides is 2. The summed E-state index contributed by atoms with van der Waals surface area (Å²) in [5.74, 6) is 0.460. The lowest BCUT2D eigenvalue weighted by molar-refractivity contribution is 0.229. The third-order valence-corrected chi connectivity index (χ3v) is 5.20. The predicted molar refractivity (Wildman–Crippen MR) is 91.2 cm³/mol. The van der Waals surface area contributed by atoms with Crippen LogP contribution in [0.4, 0.5) is 9.18 Å².